The van der Waals surface area contributed by atoms with Crippen molar-refractivity contribution in [2.24, 2.45) is 0 Å². The second-order valence-electron chi connectivity index (χ2n) is 3.60. The number of hydrogen-bond acceptors (Lipinski definition) is 1. The summed E-state index contributed by atoms with van der Waals surface area (Å²) in [6, 6.07) is 5.19. The lowest BCUT2D eigenvalue weighted by molar-refractivity contribution is -0.135. The fraction of sp³-hybridized carbons (Fsp3) is 0.364. The van der Waals surface area contributed by atoms with Crippen LogP contribution in [0.15, 0.2) is 22.7 Å². The first-order chi connectivity index (χ1) is 8.29. The molecule has 0 aliphatic carbocycles. The summed E-state index contributed by atoms with van der Waals surface area (Å²) in [6.07, 6.45) is -5.17. The van der Waals surface area contributed by atoms with Crippen molar-refractivity contribution in [2.45, 2.75) is 19.0 Å². The molecular formula is C11H10BrF3INO. The van der Waals surface area contributed by atoms with Gasteiger partial charge in [-0.2, -0.15) is 13.2 Å². The topological polar surface area (TPSA) is 29.1 Å². The molecule has 0 saturated heterocycles. The molecule has 0 fully saturated rings. The minimum atomic E-state index is -4.17. The summed E-state index contributed by atoms with van der Waals surface area (Å²) in [5, 5.41) is 2.48. The van der Waals surface area contributed by atoms with Crippen LogP contribution in [0.1, 0.15) is 23.2 Å². The van der Waals surface area contributed by atoms with Crippen molar-refractivity contribution in [3.05, 3.63) is 31.8 Å². The minimum Gasteiger partial charge on any atom is -0.352 e. The van der Waals surface area contributed by atoms with E-state index in [1.807, 2.05) is 22.6 Å². The SMILES string of the molecule is O=C(NCCCC(F)(F)F)c1cc(Br)ccc1I. The fourth-order valence-corrected chi connectivity index (χ4v) is 2.20. The number of carbonyl (C=O) groups is 1. The molecule has 0 spiro atoms. The van der Waals surface area contributed by atoms with Crippen LogP contribution < -0.4 is 5.32 Å². The predicted molar refractivity (Wildman–Crippen MR) is 74.5 cm³/mol. The molecule has 0 saturated carbocycles. The fourth-order valence-electron chi connectivity index (χ4n) is 1.26. The van der Waals surface area contributed by atoms with Gasteiger partial charge in [0.15, 0.2) is 0 Å². The van der Waals surface area contributed by atoms with Gasteiger partial charge in [0.1, 0.15) is 0 Å². The Kier molecular flexibility index (Phi) is 5.90. The Morgan fingerprint density at radius 2 is 2.06 bits per heavy atom. The summed E-state index contributed by atoms with van der Waals surface area (Å²) in [7, 11) is 0. The molecule has 0 atom stereocenters. The van der Waals surface area contributed by atoms with E-state index in [0.29, 0.717) is 5.56 Å². The van der Waals surface area contributed by atoms with Crippen LogP contribution in [0.2, 0.25) is 0 Å². The average Bonchev–Trinajstić information content (AvgIpc) is 2.26. The van der Waals surface area contributed by atoms with Gasteiger partial charge in [-0.1, -0.05) is 15.9 Å². The number of rotatable bonds is 4. The highest BCUT2D eigenvalue weighted by Gasteiger charge is 2.26. The van der Waals surface area contributed by atoms with Gasteiger partial charge in [-0.3, -0.25) is 4.79 Å². The first kappa shape index (κ1) is 15.7. The first-order valence-corrected chi connectivity index (χ1v) is 6.97. The standard InChI is InChI=1S/C11H10BrF3INO/c12-7-2-3-9(16)8(6-7)10(18)17-5-1-4-11(13,14)15/h2-3,6H,1,4-5H2,(H,17,18). The van der Waals surface area contributed by atoms with Crippen LogP contribution in [0, 0.1) is 3.57 Å². The van der Waals surface area contributed by atoms with E-state index in [0.717, 1.165) is 8.04 Å². The molecule has 18 heavy (non-hydrogen) atoms. The van der Waals surface area contributed by atoms with Crippen LogP contribution >= 0.6 is 38.5 Å². The molecule has 1 rings (SSSR count). The number of amides is 1. The zero-order valence-corrected chi connectivity index (χ0v) is 12.9. The molecule has 0 aromatic heterocycles. The normalized spacial score (nSPS) is 11.4. The smallest absolute Gasteiger partial charge is 0.352 e. The van der Waals surface area contributed by atoms with E-state index in [9.17, 15) is 18.0 Å². The van der Waals surface area contributed by atoms with Crippen molar-refractivity contribution < 1.29 is 18.0 Å². The number of hydrogen-bond donors (Lipinski definition) is 1. The molecule has 1 N–H and O–H groups in total. The highest BCUT2D eigenvalue weighted by molar-refractivity contribution is 14.1. The molecule has 0 unspecified atom stereocenters. The number of carbonyl (C=O) groups excluding carboxylic acids is 1. The Morgan fingerprint density at radius 3 is 2.67 bits per heavy atom. The molecule has 0 aliphatic rings. The molecule has 7 heteroatoms. The van der Waals surface area contributed by atoms with E-state index in [-0.39, 0.29) is 18.9 Å². The lowest BCUT2D eigenvalue weighted by Gasteiger charge is -2.08. The predicted octanol–water partition coefficient (Wildman–Crippen LogP) is 4.13. The summed E-state index contributed by atoms with van der Waals surface area (Å²) in [5.41, 5.74) is 0.456. The molecule has 1 amide bonds. The maximum Gasteiger partial charge on any atom is 0.389 e. The average molecular weight is 436 g/mol. The van der Waals surface area contributed by atoms with Crippen LogP contribution in [0.3, 0.4) is 0 Å². The highest BCUT2D eigenvalue weighted by atomic mass is 127. The number of nitrogens with one attached hydrogen (secondary N) is 1. The van der Waals surface area contributed by atoms with Crippen molar-refractivity contribution in [3.63, 3.8) is 0 Å². The summed E-state index contributed by atoms with van der Waals surface area (Å²) in [6.45, 7) is 0.0148. The molecule has 0 heterocycles. The number of halogens is 5. The zero-order chi connectivity index (χ0) is 13.8. The van der Waals surface area contributed by atoms with E-state index < -0.39 is 12.6 Å². The van der Waals surface area contributed by atoms with Crippen molar-refractivity contribution >= 4 is 44.4 Å². The Bertz CT molecular complexity index is 437. The largest absolute Gasteiger partial charge is 0.389 e. The lowest BCUT2D eigenvalue weighted by atomic mass is 10.2. The number of alkyl halides is 3. The van der Waals surface area contributed by atoms with E-state index in [1.165, 1.54) is 0 Å². The third-order valence-corrected chi connectivity index (χ3v) is 3.53. The Hall–Kier alpha value is -0.310. The molecular weight excluding hydrogens is 426 g/mol. The van der Waals surface area contributed by atoms with Crippen LogP contribution in [0.5, 0.6) is 0 Å². The second-order valence-corrected chi connectivity index (χ2v) is 5.68. The van der Waals surface area contributed by atoms with E-state index in [1.54, 1.807) is 18.2 Å². The van der Waals surface area contributed by atoms with Crippen molar-refractivity contribution in [1.29, 1.82) is 0 Å². The molecule has 0 radical (unpaired) electrons. The van der Waals surface area contributed by atoms with Gasteiger partial charge in [0.2, 0.25) is 0 Å². The van der Waals surface area contributed by atoms with Crippen LogP contribution in [0.4, 0.5) is 13.2 Å². The monoisotopic (exact) mass is 435 g/mol. The maximum absolute atomic E-state index is 11.9. The van der Waals surface area contributed by atoms with E-state index >= 15 is 0 Å². The van der Waals surface area contributed by atoms with Gasteiger partial charge in [0.05, 0.1) is 5.56 Å². The molecule has 2 nitrogen and oxygen atoms in total. The summed E-state index contributed by atoms with van der Waals surface area (Å²) in [4.78, 5) is 11.7. The molecule has 0 bridgehead atoms. The summed E-state index contributed by atoms with van der Waals surface area (Å²) >= 11 is 5.24. The van der Waals surface area contributed by atoms with Crippen molar-refractivity contribution in [2.75, 3.05) is 6.54 Å². The van der Waals surface area contributed by atoms with E-state index in [2.05, 4.69) is 21.2 Å². The Morgan fingerprint density at radius 1 is 1.39 bits per heavy atom. The van der Waals surface area contributed by atoms with Gasteiger partial charge in [0.25, 0.3) is 5.91 Å². The van der Waals surface area contributed by atoms with E-state index in [4.69, 9.17) is 0 Å². The minimum absolute atomic E-state index is 0.0148. The third-order valence-electron chi connectivity index (χ3n) is 2.10. The Balaban J connectivity index is 2.48. The first-order valence-electron chi connectivity index (χ1n) is 5.09. The van der Waals surface area contributed by atoms with Gasteiger partial charge in [-0.15, -0.1) is 0 Å². The molecule has 1 aromatic rings. The maximum atomic E-state index is 11.9. The second kappa shape index (κ2) is 6.74. The Labute approximate surface area is 125 Å². The summed E-state index contributed by atoms with van der Waals surface area (Å²) < 4.78 is 37.2. The van der Waals surface area contributed by atoms with Crippen molar-refractivity contribution in [3.8, 4) is 0 Å². The zero-order valence-electron chi connectivity index (χ0n) is 9.15. The number of benzene rings is 1. The third kappa shape index (κ3) is 5.55. The van der Waals surface area contributed by atoms with Crippen molar-refractivity contribution in [1.82, 2.24) is 5.32 Å². The van der Waals surface area contributed by atoms with Crippen LogP contribution in [-0.2, 0) is 0 Å². The van der Waals surface area contributed by atoms with Crippen LogP contribution in [0.25, 0.3) is 0 Å². The quantitative estimate of drug-likeness (QED) is 0.559. The van der Waals surface area contributed by atoms with Gasteiger partial charge in [-0.05, 0) is 47.2 Å². The molecule has 0 aliphatic heterocycles. The molecule has 1 aromatic carbocycles. The molecule has 100 valence electrons. The van der Waals surface area contributed by atoms with Gasteiger partial charge in [0, 0.05) is 21.0 Å². The summed E-state index contributed by atoms with van der Waals surface area (Å²) in [5.74, 6) is -0.358. The highest BCUT2D eigenvalue weighted by Crippen LogP contribution is 2.21. The van der Waals surface area contributed by atoms with Gasteiger partial charge < -0.3 is 5.32 Å². The van der Waals surface area contributed by atoms with Crippen LogP contribution in [-0.4, -0.2) is 18.6 Å². The lowest BCUT2D eigenvalue weighted by Crippen LogP contribution is -2.26. The van der Waals surface area contributed by atoms with Gasteiger partial charge >= 0.3 is 6.18 Å². The van der Waals surface area contributed by atoms with Gasteiger partial charge in [-0.25, -0.2) is 0 Å².